The molecule has 0 bridgehead atoms. The summed E-state index contributed by atoms with van der Waals surface area (Å²) >= 11 is 0. The fourth-order valence-corrected chi connectivity index (χ4v) is 1.54. The molecule has 1 aromatic rings. The average molecular weight is 222 g/mol. The van der Waals surface area contributed by atoms with Crippen molar-refractivity contribution in [2.75, 3.05) is 25.5 Å². The Labute approximate surface area is 98.2 Å². The summed E-state index contributed by atoms with van der Waals surface area (Å²) < 4.78 is 5.93. The molecule has 0 aromatic heterocycles. The first-order valence-electron chi connectivity index (χ1n) is 5.61. The molecule has 0 aliphatic carbocycles. The van der Waals surface area contributed by atoms with Crippen LogP contribution in [0, 0.1) is 0 Å². The Morgan fingerprint density at radius 1 is 1.31 bits per heavy atom. The SMILES string of the molecule is CN(C)c1cccc(OC(C)(C)CCN)c1. The van der Waals surface area contributed by atoms with Gasteiger partial charge in [-0.1, -0.05) is 6.07 Å². The van der Waals surface area contributed by atoms with Gasteiger partial charge in [0, 0.05) is 25.8 Å². The molecule has 90 valence electrons. The average Bonchev–Trinajstić information content (AvgIpc) is 2.17. The molecule has 0 aliphatic heterocycles. The fraction of sp³-hybridized carbons (Fsp3) is 0.538. The lowest BCUT2D eigenvalue weighted by Gasteiger charge is -2.26. The lowest BCUT2D eigenvalue weighted by molar-refractivity contribution is 0.102. The number of nitrogens with two attached hydrogens (primary N) is 1. The molecule has 1 aromatic carbocycles. The van der Waals surface area contributed by atoms with Gasteiger partial charge in [-0.3, -0.25) is 0 Å². The first-order valence-corrected chi connectivity index (χ1v) is 5.61. The monoisotopic (exact) mass is 222 g/mol. The van der Waals surface area contributed by atoms with Gasteiger partial charge in [-0.25, -0.2) is 0 Å². The number of hydrogen-bond donors (Lipinski definition) is 1. The molecule has 0 fully saturated rings. The Morgan fingerprint density at radius 2 is 2.00 bits per heavy atom. The summed E-state index contributed by atoms with van der Waals surface area (Å²) in [4.78, 5) is 2.06. The van der Waals surface area contributed by atoms with Gasteiger partial charge in [0.05, 0.1) is 0 Å². The van der Waals surface area contributed by atoms with Gasteiger partial charge in [-0.2, -0.15) is 0 Å². The molecular formula is C13H22N2O. The lowest BCUT2D eigenvalue weighted by Crippen LogP contribution is -2.31. The number of anilines is 1. The summed E-state index contributed by atoms with van der Waals surface area (Å²) in [5.74, 6) is 0.893. The van der Waals surface area contributed by atoms with Crippen LogP contribution in [-0.2, 0) is 0 Å². The van der Waals surface area contributed by atoms with Gasteiger partial charge in [0.15, 0.2) is 0 Å². The third-order valence-corrected chi connectivity index (χ3v) is 2.47. The van der Waals surface area contributed by atoms with Gasteiger partial charge in [-0.05, 0) is 38.9 Å². The molecule has 0 saturated heterocycles. The van der Waals surface area contributed by atoms with Gasteiger partial charge in [0.2, 0.25) is 0 Å². The first-order chi connectivity index (χ1) is 7.44. The van der Waals surface area contributed by atoms with Crippen LogP contribution in [0.15, 0.2) is 24.3 Å². The maximum absolute atomic E-state index is 5.93. The van der Waals surface area contributed by atoms with E-state index in [9.17, 15) is 0 Å². The number of benzene rings is 1. The van der Waals surface area contributed by atoms with E-state index in [1.807, 2.05) is 32.3 Å². The van der Waals surface area contributed by atoms with Crippen molar-refractivity contribution in [3.05, 3.63) is 24.3 Å². The summed E-state index contributed by atoms with van der Waals surface area (Å²) in [5, 5.41) is 0. The molecule has 16 heavy (non-hydrogen) atoms. The topological polar surface area (TPSA) is 38.5 Å². The van der Waals surface area contributed by atoms with E-state index in [1.54, 1.807) is 0 Å². The maximum Gasteiger partial charge on any atom is 0.122 e. The number of hydrogen-bond acceptors (Lipinski definition) is 3. The van der Waals surface area contributed by atoms with Crippen molar-refractivity contribution in [2.24, 2.45) is 5.73 Å². The molecule has 1 rings (SSSR count). The number of nitrogens with zero attached hydrogens (tertiary/aromatic N) is 1. The van der Waals surface area contributed by atoms with Crippen molar-refractivity contribution in [3.8, 4) is 5.75 Å². The third-order valence-electron chi connectivity index (χ3n) is 2.47. The molecule has 3 heteroatoms. The second-order valence-electron chi connectivity index (χ2n) is 4.79. The predicted octanol–water partition coefficient (Wildman–Crippen LogP) is 2.26. The maximum atomic E-state index is 5.93. The smallest absolute Gasteiger partial charge is 0.122 e. The highest BCUT2D eigenvalue weighted by Gasteiger charge is 2.18. The van der Waals surface area contributed by atoms with E-state index < -0.39 is 0 Å². The highest BCUT2D eigenvalue weighted by molar-refractivity contribution is 5.49. The molecule has 0 amide bonds. The van der Waals surface area contributed by atoms with Crippen LogP contribution in [0.3, 0.4) is 0 Å². The largest absolute Gasteiger partial charge is 0.488 e. The Balaban J connectivity index is 2.77. The van der Waals surface area contributed by atoms with Crippen LogP contribution in [-0.4, -0.2) is 26.2 Å². The molecule has 0 saturated carbocycles. The van der Waals surface area contributed by atoms with Gasteiger partial charge < -0.3 is 15.4 Å². The first kappa shape index (κ1) is 12.8. The van der Waals surface area contributed by atoms with E-state index in [2.05, 4.69) is 24.8 Å². The van der Waals surface area contributed by atoms with Gasteiger partial charge >= 0.3 is 0 Å². The number of rotatable bonds is 5. The minimum absolute atomic E-state index is 0.209. The van der Waals surface area contributed by atoms with Crippen LogP contribution in [0.1, 0.15) is 20.3 Å². The van der Waals surface area contributed by atoms with Gasteiger partial charge in [0.1, 0.15) is 11.4 Å². The Morgan fingerprint density at radius 3 is 2.56 bits per heavy atom. The second-order valence-corrected chi connectivity index (χ2v) is 4.79. The van der Waals surface area contributed by atoms with E-state index >= 15 is 0 Å². The van der Waals surface area contributed by atoms with Gasteiger partial charge in [-0.15, -0.1) is 0 Å². The van der Waals surface area contributed by atoms with Crippen molar-refractivity contribution < 1.29 is 4.74 Å². The zero-order valence-electron chi connectivity index (χ0n) is 10.7. The van der Waals surface area contributed by atoms with Crippen molar-refractivity contribution in [1.82, 2.24) is 0 Å². The summed E-state index contributed by atoms with van der Waals surface area (Å²) in [5.41, 5.74) is 6.49. The predicted molar refractivity (Wildman–Crippen MR) is 69.1 cm³/mol. The summed E-state index contributed by atoms with van der Waals surface area (Å²) in [6.07, 6.45) is 0.846. The van der Waals surface area contributed by atoms with E-state index in [0.29, 0.717) is 6.54 Å². The summed E-state index contributed by atoms with van der Waals surface area (Å²) in [6, 6.07) is 8.08. The zero-order chi connectivity index (χ0) is 12.2. The molecule has 3 nitrogen and oxygen atoms in total. The van der Waals surface area contributed by atoms with Crippen molar-refractivity contribution in [3.63, 3.8) is 0 Å². The van der Waals surface area contributed by atoms with Crippen LogP contribution in [0.25, 0.3) is 0 Å². The van der Waals surface area contributed by atoms with E-state index in [0.717, 1.165) is 17.9 Å². The minimum Gasteiger partial charge on any atom is -0.488 e. The Hall–Kier alpha value is -1.22. The van der Waals surface area contributed by atoms with Crippen LogP contribution in [0.4, 0.5) is 5.69 Å². The zero-order valence-corrected chi connectivity index (χ0v) is 10.7. The van der Waals surface area contributed by atoms with Crippen molar-refractivity contribution in [2.45, 2.75) is 25.9 Å². The minimum atomic E-state index is -0.209. The highest BCUT2D eigenvalue weighted by atomic mass is 16.5. The molecule has 0 unspecified atom stereocenters. The second kappa shape index (κ2) is 5.21. The lowest BCUT2D eigenvalue weighted by atomic mass is 10.1. The third kappa shape index (κ3) is 3.74. The van der Waals surface area contributed by atoms with E-state index in [4.69, 9.17) is 10.5 Å². The standard InChI is InChI=1S/C13H22N2O/c1-13(2,8-9-14)16-12-7-5-6-11(10-12)15(3)4/h5-7,10H,8-9,14H2,1-4H3. The molecule has 0 spiro atoms. The van der Waals surface area contributed by atoms with Crippen molar-refractivity contribution in [1.29, 1.82) is 0 Å². The number of ether oxygens (including phenoxy) is 1. The van der Waals surface area contributed by atoms with Crippen LogP contribution in [0.2, 0.25) is 0 Å². The van der Waals surface area contributed by atoms with E-state index in [1.165, 1.54) is 0 Å². The highest BCUT2D eigenvalue weighted by Crippen LogP contribution is 2.24. The Kier molecular flexibility index (Phi) is 4.19. The van der Waals surface area contributed by atoms with Gasteiger partial charge in [0.25, 0.3) is 0 Å². The van der Waals surface area contributed by atoms with Crippen LogP contribution >= 0.6 is 0 Å². The summed E-state index contributed by atoms with van der Waals surface area (Å²) in [7, 11) is 4.04. The Bertz CT molecular complexity index is 334. The molecule has 0 aliphatic rings. The summed E-state index contributed by atoms with van der Waals surface area (Å²) in [6.45, 7) is 4.75. The van der Waals surface area contributed by atoms with E-state index in [-0.39, 0.29) is 5.60 Å². The molecule has 2 N–H and O–H groups in total. The van der Waals surface area contributed by atoms with Crippen molar-refractivity contribution >= 4 is 5.69 Å². The molecule has 0 heterocycles. The molecule has 0 atom stereocenters. The van der Waals surface area contributed by atoms with Crippen LogP contribution in [0.5, 0.6) is 5.75 Å². The molecule has 0 radical (unpaired) electrons. The quantitative estimate of drug-likeness (QED) is 0.830. The molecular weight excluding hydrogens is 200 g/mol. The normalized spacial score (nSPS) is 11.3. The van der Waals surface area contributed by atoms with Crippen LogP contribution < -0.4 is 15.4 Å². The fourth-order valence-electron chi connectivity index (χ4n) is 1.54.